The van der Waals surface area contributed by atoms with Crippen molar-refractivity contribution in [2.24, 2.45) is 0 Å². The van der Waals surface area contributed by atoms with Crippen LogP contribution in [-0.4, -0.2) is 72.9 Å². The van der Waals surface area contributed by atoms with Gasteiger partial charge in [-0.1, -0.05) is 42.4 Å². The highest BCUT2D eigenvalue weighted by molar-refractivity contribution is 6.36. The minimum absolute atomic E-state index is 0.0861. The number of ether oxygens (including phenoxy) is 3. The third kappa shape index (κ3) is 6.15. The smallest absolute Gasteiger partial charge is 0.318 e. The predicted molar refractivity (Wildman–Crippen MR) is 164 cm³/mol. The average molecular weight is 601 g/mol. The Balaban J connectivity index is 1.32. The fourth-order valence-electron chi connectivity index (χ4n) is 5.84. The summed E-state index contributed by atoms with van der Waals surface area (Å²) >= 11 is 6.67. The molecule has 0 bridgehead atoms. The first-order valence-corrected chi connectivity index (χ1v) is 14.9. The molecule has 0 aliphatic carbocycles. The second-order valence-electron chi connectivity index (χ2n) is 10.6. The van der Waals surface area contributed by atoms with Crippen LogP contribution in [0.4, 0.5) is 11.5 Å². The summed E-state index contributed by atoms with van der Waals surface area (Å²) in [6.45, 7) is 7.84. The van der Waals surface area contributed by atoms with Gasteiger partial charge in [-0.3, -0.25) is 4.79 Å². The Hall–Kier alpha value is -4.17. The Morgan fingerprint density at radius 1 is 1.19 bits per heavy atom. The lowest BCUT2D eigenvalue weighted by Crippen LogP contribution is -2.42. The van der Waals surface area contributed by atoms with Gasteiger partial charge in [0.1, 0.15) is 12.4 Å². The lowest BCUT2D eigenvalue weighted by molar-refractivity contribution is -0.124. The van der Waals surface area contributed by atoms with E-state index in [4.69, 9.17) is 35.8 Å². The number of halogens is 1. The van der Waals surface area contributed by atoms with E-state index in [9.17, 15) is 10.1 Å². The number of rotatable bonds is 9. The monoisotopic (exact) mass is 600 g/mol. The van der Waals surface area contributed by atoms with Crippen LogP contribution in [0.5, 0.6) is 6.01 Å². The van der Waals surface area contributed by atoms with Crippen LogP contribution in [0, 0.1) is 11.3 Å². The van der Waals surface area contributed by atoms with Gasteiger partial charge in [-0.25, -0.2) is 0 Å². The summed E-state index contributed by atoms with van der Waals surface area (Å²) in [6, 6.07) is 14.6. The maximum absolute atomic E-state index is 12.5. The van der Waals surface area contributed by atoms with Crippen molar-refractivity contribution in [1.82, 2.24) is 14.9 Å². The molecular formula is C32H33ClN6O4. The van der Waals surface area contributed by atoms with Crippen LogP contribution >= 0.6 is 11.6 Å². The number of amides is 1. The molecule has 1 atom stereocenters. The normalized spacial score (nSPS) is 18.3. The van der Waals surface area contributed by atoms with Gasteiger partial charge in [0.05, 0.1) is 54.8 Å². The molecule has 1 fully saturated rings. The molecule has 1 saturated heterocycles. The molecule has 3 aromatic rings. The van der Waals surface area contributed by atoms with Crippen LogP contribution in [0.15, 0.2) is 61.0 Å². The largest absolute Gasteiger partial charge is 0.461 e. The molecule has 1 unspecified atom stereocenters. The van der Waals surface area contributed by atoms with E-state index in [0.717, 1.165) is 46.5 Å². The Morgan fingerprint density at radius 2 is 2.05 bits per heavy atom. The van der Waals surface area contributed by atoms with Gasteiger partial charge in [-0.15, -0.1) is 0 Å². The molecule has 222 valence electrons. The minimum atomic E-state index is -0.230. The Morgan fingerprint density at radius 3 is 2.84 bits per heavy atom. The Bertz CT molecular complexity index is 1590. The zero-order chi connectivity index (χ0) is 29.8. The fraction of sp³-hybridized carbons (Fsp3) is 0.375. The number of anilines is 2. The van der Waals surface area contributed by atoms with Gasteiger partial charge < -0.3 is 28.9 Å². The highest BCUT2D eigenvalue weighted by Crippen LogP contribution is 2.37. The SMILES string of the molecule is C=CC(=O)N1CCN(c2nc(OCCOC3CCOC3)nc3c2CCN(c2cccc4cccc(Cl)c24)C3)C=C1CC#N. The first-order valence-electron chi connectivity index (χ1n) is 14.5. The zero-order valence-electron chi connectivity index (χ0n) is 23.9. The van der Waals surface area contributed by atoms with E-state index in [2.05, 4.69) is 35.7 Å². The Labute approximate surface area is 255 Å². The number of hydrogen-bond acceptors (Lipinski definition) is 9. The van der Waals surface area contributed by atoms with Crippen molar-refractivity contribution >= 4 is 39.8 Å². The summed E-state index contributed by atoms with van der Waals surface area (Å²) in [7, 11) is 0. The minimum Gasteiger partial charge on any atom is -0.461 e. The van der Waals surface area contributed by atoms with Crippen LogP contribution in [0.1, 0.15) is 24.1 Å². The van der Waals surface area contributed by atoms with Crippen LogP contribution in [0.3, 0.4) is 0 Å². The number of nitriles is 1. The quantitative estimate of drug-likeness (QED) is 0.257. The van der Waals surface area contributed by atoms with Crippen molar-refractivity contribution in [3.63, 3.8) is 0 Å². The molecule has 0 radical (unpaired) electrons. The van der Waals surface area contributed by atoms with Gasteiger partial charge in [-0.05, 0) is 36.4 Å². The summed E-state index contributed by atoms with van der Waals surface area (Å²) in [6.07, 6.45) is 4.86. The average Bonchev–Trinajstić information content (AvgIpc) is 3.56. The maximum atomic E-state index is 12.5. The van der Waals surface area contributed by atoms with E-state index in [1.807, 2.05) is 29.3 Å². The molecule has 1 aromatic heterocycles. The summed E-state index contributed by atoms with van der Waals surface area (Å²) in [5.41, 5.74) is 3.53. The van der Waals surface area contributed by atoms with Crippen molar-refractivity contribution < 1.29 is 19.0 Å². The van der Waals surface area contributed by atoms with E-state index in [0.29, 0.717) is 63.2 Å². The molecule has 3 aliphatic rings. The molecule has 6 rings (SSSR count). The van der Waals surface area contributed by atoms with Crippen LogP contribution in [0.25, 0.3) is 10.8 Å². The molecule has 43 heavy (non-hydrogen) atoms. The molecule has 2 aromatic carbocycles. The van der Waals surface area contributed by atoms with Crippen molar-refractivity contribution in [2.45, 2.75) is 31.9 Å². The van der Waals surface area contributed by atoms with Crippen LogP contribution < -0.4 is 14.5 Å². The molecule has 0 N–H and O–H groups in total. The third-order valence-corrected chi connectivity index (χ3v) is 8.26. The van der Waals surface area contributed by atoms with Gasteiger partial charge in [0.25, 0.3) is 0 Å². The van der Waals surface area contributed by atoms with Gasteiger partial charge in [-0.2, -0.15) is 15.2 Å². The summed E-state index contributed by atoms with van der Waals surface area (Å²) < 4.78 is 17.3. The van der Waals surface area contributed by atoms with Gasteiger partial charge in [0.2, 0.25) is 5.91 Å². The van der Waals surface area contributed by atoms with Crippen molar-refractivity contribution in [2.75, 3.05) is 55.9 Å². The number of aromatic nitrogens is 2. The molecule has 0 saturated carbocycles. The topological polar surface area (TPSA) is 104 Å². The molecule has 3 aliphatic heterocycles. The standard InChI is InChI=1S/C32H33ClN6O4/c1-2-29(40)39-15-14-38(19-23(39)9-12-34)31-25-10-13-37(28-8-4-6-22-5-3-7-26(33)30(22)28)20-27(25)35-32(36-31)43-18-17-42-24-11-16-41-21-24/h2-8,19,24H,1,9-11,13-18,20-21H2. The maximum Gasteiger partial charge on any atom is 0.318 e. The van der Waals surface area contributed by atoms with Gasteiger partial charge in [0, 0.05) is 49.1 Å². The lowest BCUT2D eigenvalue weighted by Gasteiger charge is -2.36. The molecule has 0 spiro atoms. The van der Waals surface area contributed by atoms with E-state index in [-0.39, 0.29) is 24.4 Å². The van der Waals surface area contributed by atoms with Crippen LogP contribution in [-0.2, 0) is 27.2 Å². The second-order valence-corrected chi connectivity index (χ2v) is 11.0. The summed E-state index contributed by atoms with van der Waals surface area (Å²) in [5.74, 6) is 0.494. The number of fused-ring (bicyclic) bond motifs is 2. The van der Waals surface area contributed by atoms with Gasteiger partial charge in [0.15, 0.2) is 0 Å². The lowest BCUT2D eigenvalue weighted by atomic mass is 10.0. The number of carbonyl (C=O) groups is 1. The molecule has 1 amide bonds. The van der Waals surface area contributed by atoms with E-state index >= 15 is 0 Å². The van der Waals surface area contributed by atoms with E-state index < -0.39 is 0 Å². The van der Waals surface area contributed by atoms with Crippen molar-refractivity contribution in [3.05, 3.63) is 77.2 Å². The van der Waals surface area contributed by atoms with E-state index in [1.165, 1.54) is 6.08 Å². The summed E-state index contributed by atoms with van der Waals surface area (Å²) in [4.78, 5) is 28.1. The Kier molecular flexibility index (Phi) is 8.74. The predicted octanol–water partition coefficient (Wildman–Crippen LogP) is 4.62. The highest BCUT2D eigenvalue weighted by Gasteiger charge is 2.30. The number of hydrogen-bond donors (Lipinski definition) is 0. The van der Waals surface area contributed by atoms with Crippen molar-refractivity contribution in [3.8, 4) is 12.1 Å². The van der Waals surface area contributed by atoms with E-state index in [1.54, 1.807) is 4.90 Å². The molecular weight excluding hydrogens is 568 g/mol. The fourth-order valence-corrected chi connectivity index (χ4v) is 6.12. The molecule has 11 heteroatoms. The number of carbonyl (C=O) groups excluding carboxylic acids is 1. The van der Waals surface area contributed by atoms with Gasteiger partial charge >= 0.3 is 6.01 Å². The summed E-state index contributed by atoms with van der Waals surface area (Å²) in [5, 5.41) is 12.3. The number of allylic oxidation sites excluding steroid dienone is 1. The zero-order valence-corrected chi connectivity index (χ0v) is 24.6. The number of nitrogens with zero attached hydrogens (tertiary/aromatic N) is 6. The molecule has 4 heterocycles. The molecule has 10 nitrogen and oxygen atoms in total. The number of benzene rings is 2. The first kappa shape index (κ1) is 28.9. The van der Waals surface area contributed by atoms with Crippen molar-refractivity contribution in [1.29, 1.82) is 5.26 Å². The third-order valence-electron chi connectivity index (χ3n) is 7.94. The van der Waals surface area contributed by atoms with Crippen LogP contribution in [0.2, 0.25) is 5.02 Å². The highest BCUT2D eigenvalue weighted by atomic mass is 35.5. The first-order chi connectivity index (χ1) is 21.1. The second kappa shape index (κ2) is 13.0.